The number of aromatic nitrogens is 1. The fraction of sp³-hybridized carbons (Fsp3) is 0.636. The summed E-state index contributed by atoms with van der Waals surface area (Å²) < 4.78 is 10.4. The molecule has 1 aromatic heterocycles. The summed E-state index contributed by atoms with van der Waals surface area (Å²) in [6.45, 7) is 6.67. The van der Waals surface area contributed by atoms with E-state index in [9.17, 15) is 4.79 Å². The Balaban J connectivity index is 2.01. The Morgan fingerprint density at radius 2 is 2.31 bits per heavy atom. The molecule has 88 valence electrons. The van der Waals surface area contributed by atoms with Crippen molar-refractivity contribution in [3.8, 4) is 0 Å². The molecule has 1 aliphatic heterocycles. The predicted molar refractivity (Wildman–Crippen MR) is 56.9 cm³/mol. The number of carbonyl (C=O) groups is 1. The number of amides is 1. The molecule has 0 N–H and O–H groups in total. The fourth-order valence-corrected chi connectivity index (χ4v) is 1.61. The highest BCUT2D eigenvalue weighted by Crippen LogP contribution is 2.20. The van der Waals surface area contributed by atoms with Crippen molar-refractivity contribution in [1.82, 2.24) is 10.1 Å². The van der Waals surface area contributed by atoms with E-state index < -0.39 is 5.60 Å². The monoisotopic (exact) mass is 224 g/mol. The van der Waals surface area contributed by atoms with Gasteiger partial charge in [0.15, 0.2) is 5.76 Å². The van der Waals surface area contributed by atoms with E-state index in [1.807, 2.05) is 20.8 Å². The molecule has 0 unspecified atom stereocenters. The zero-order chi connectivity index (χ0) is 11.8. The van der Waals surface area contributed by atoms with Gasteiger partial charge < -0.3 is 14.2 Å². The molecule has 0 atom stereocenters. The number of nitrogens with zero attached hydrogens (tertiary/aromatic N) is 2. The van der Waals surface area contributed by atoms with Crippen LogP contribution in [0.4, 0.5) is 4.79 Å². The first-order valence-corrected chi connectivity index (χ1v) is 5.36. The molecule has 1 amide bonds. The number of rotatable bonds is 0. The highest BCUT2D eigenvalue weighted by Gasteiger charge is 2.27. The highest BCUT2D eigenvalue weighted by atomic mass is 16.6. The maximum absolute atomic E-state index is 11.8. The predicted octanol–water partition coefficient (Wildman–Crippen LogP) is 1.97. The minimum atomic E-state index is -0.460. The summed E-state index contributed by atoms with van der Waals surface area (Å²) in [7, 11) is 0. The van der Waals surface area contributed by atoms with Crippen molar-refractivity contribution in [2.75, 3.05) is 6.54 Å². The van der Waals surface area contributed by atoms with Crippen LogP contribution in [0.25, 0.3) is 0 Å². The van der Waals surface area contributed by atoms with Crippen LogP contribution in [0.5, 0.6) is 0 Å². The lowest BCUT2D eigenvalue weighted by Gasteiger charge is -2.28. The minimum Gasteiger partial charge on any atom is -0.444 e. The second-order valence-corrected chi connectivity index (χ2v) is 4.93. The molecule has 2 heterocycles. The Labute approximate surface area is 94.3 Å². The summed E-state index contributed by atoms with van der Waals surface area (Å²) in [5, 5.41) is 3.72. The summed E-state index contributed by atoms with van der Waals surface area (Å²) in [4.78, 5) is 13.4. The van der Waals surface area contributed by atoms with Gasteiger partial charge in [-0.1, -0.05) is 5.16 Å². The van der Waals surface area contributed by atoms with E-state index in [0.717, 1.165) is 17.7 Å². The van der Waals surface area contributed by atoms with Crippen LogP contribution in [0.15, 0.2) is 10.7 Å². The molecule has 0 aliphatic carbocycles. The molecule has 16 heavy (non-hydrogen) atoms. The first-order chi connectivity index (χ1) is 7.46. The van der Waals surface area contributed by atoms with Gasteiger partial charge in [-0.3, -0.25) is 0 Å². The molecule has 0 aromatic carbocycles. The van der Waals surface area contributed by atoms with Crippen LogP contribution in [-0.4, -0.2) is 28.3 Å². The van der Waals surface area contributed by atoms with Crippen LogP contribution in [-0.2, 0) is 17.7 Å². The van der Waals surface area contributed by atoms with E-state index >= 15 is 0 Å². The van der Waals surface area contributed by atoms with E-state index in [1.165, 1.54) is 0 Å². The lowest BCUT2D eigenvalue weighted by Crippen LogP contribution is -2.39. The fourth-order valence-electron chi connectivity index (χ4n) is 1.61. The van der Waals surface area contributed by atoms with Gasteiger partial charge in [-0.05, 0) is 27.2 Å². The summed E-state index contributed by atoms with van der Waals surface area (Å²) in [6, 6.07) is 0. The third-order valence-corrected chi connectivity index (χ3v) is 2.37. The van der Waals surface area contributed by atoms with Crippen molar-refractivity contribution in [2.24, 2.45) is 0 Å². The summed E-state index contributed by atoms with van der Waals surface area (Å²) >= 11 is 0. The molecule has 0 fully saturated rings. The van der Waals surface area contributed by atoms with E-state index in [4.69, 9.17) is 9.26 Å². The van der Waals surface area contributed by atoms with Gasteiger partial charge in [0.2, 0.25) is 0 Å². The van der Waals surface area contributed by atoms with Gasteiger partial charge in [0.25, 0.3) is 0 Å². The van der Waals surface area contributed by atoms with Gasteiger partial charge in [-0.15, -0.1) is 0 Å². The van der Waals surface area contributed by atoms with E-state index in [2.05, 4.69) is 5.16 Å². The zero-order valence-electron chi connectivity index (χ0n) is 9.82. The molecule has 0 saturated heterocycles. The smallest absolute Gasteiger partial charge is 0.410 e. The van der Waals surface area contributed by atoms with Gasteiger partial charge >= 0.3 is 6.09 Å². The summed E-state index contributed by atoms with van der Waals surface area (Å²) in [6.07, 6.45) is 2.19. The van der Waals surface area contributed by atoms with Crippen molar-refractivity contribution in [3.63, 3.8) is 0 Å². The van der Waals surface area contributed by atoms with Crippen LogP contribution in [0.1, 0.15) is 32.1 Å². The number of ether oxygens (including phenoxy) is 1. The molecular formula is C11H16N2O3. The quantitative estimate of drug-likeness (QED) is 0.676. The first-order valence-electron chi connectivity index (χ1n) is 5.36. The van der Waals surface area contributed by atoms with Gasteiger partial charge in [0.1, 0.15) is 5.60 Å². The molecule has 2 rings (SSSR count). The molecule has 0 bridgehead atoms. The largest absolute Gasteiger partial charge is 0.444 e. The summed E-state index contributed by atoms with van der Waals surface area (Å²) in [5.41, 5.74) is 0.624. The molecule has 1 aliphatic rings. The number of hydrogen-bond donors (Lipinski definition) is 0. The topological polar surface area (TPSA) is 55.6 Å². The highest BCUT2D eigenvalue weighted by molar-refractivity contribution is 5.68. The van der Waals surface area contributed by atoms with Crippen molar-refractivity contribution < 1.29 is 14.1 Å². The lowest BCUT2D eigenvalue weighted by molar-refractivity contribution is 0.0205. The zero-order valence-corrected chi connectivity index (χ0v) is 9.82. The number of carbonyl (C=O) groups excluding carboxylic acids is 1. The Hall–Kier alpha value is -1.52. The Morgan fingerprint density at radius 1 is 1.56 bits per heavy atom. The molecule has 5 heteroatoms. The molecular weight excluding hydrogens is 208 g/mol. The van der Waals surface area contributed by atoms with Crippen molar-refractivity contribution in [2.45, 2.75) is 39.3 Å². The van der Waals surface area contributed by atoms with E-state index in [1.54, 1.807) is 11.1 Å². The van der Waals surface area contributed by atoms with Gasteiger partial charge in [-0.25, -0.2) is 4.79 Å². The first kappa shape index (κ1) is 11.0. The number of fused-ring (bicyclic) bond motifs is 1. The van der Waals surface area contributed by atoms with E-state index in [-0.39, 0.29) is 6.09 Å². The molecule has 5 nitrogen and oxygen atoms in total. The lowest BCUT2D eigenvalue weighted by atomic mass is 10.1. The summed E-state index contributed by atoms with van der Waals surface area (Å²) in [5.74, 6) is 0.761. The second-order valence-electron chi connectivity index (χ2n) is 4.93. The number of hydrogen-bond acceptors (Lipinski definition) is 4. The van der Waals surface area contributed by atoms with Crippen molar-refractivity contribution in [1.29, 1.82) is 0 Å². The van der Waals surface area contributed by atoms with Crippen molar-refractivity contribution in [3.05, 3.63) is 17.5 Å². The molecule has 0 saturated carbocycles. The third kappa shape index (κ3) is 2.35. The third-order valence-electron chi connectivity index (χ3n) is 2.37. The maximum Gasteiger partial charge on any atom is 0.410 e. The van der Waals surface area contributed by atoms with Crippen LogP contribution in [0.3, 0.4) is 0 Å². The minimum absolute atomic E-state index is 0.297. The van der Waals surface area contributed by atoms with Crippen LogP contribution >= 0.6 is 0 Å². The van der Waals surface area contributed by atoms with Crippen LogP contribution < -0.4 is 0 Å². The van der Waals surface area contributed by atoms with E-state index in [0.29, 0.717) is 13.1 Å². The Morgan fingerprint density at radius 3 is 3.00 bits per heavy atom. The average Bonchev–Trinajstić information content (AvgIpc) is 2.61. The van der Waals surface area contributed by atoms with Gasteiger partial charge in [-0.2, -0.15) is 0 Å². The standard InChI is InChI=1S/C11H16N2O3/c1-11(2,3)15-10(14)13-5-4-8-6-12-16-9(8)7-13/h6H,4-5,7H2,1-3H3. The van der Waals surface area contributed by atoms with Crippen molar-refractivity contribution >= 4 is 6.09 Å². The maximum atomic E-state index is 11.8. The molecule has 1 aromatic rings. The average molecular weight is 224 g/mol. The SMILES string of the molecule is CC(C)(C)OC(=O)N1CCc2cnoc2C1. The van der Waals surface area contributed by atoms with Crippen LogP contribution in [0.2, 0.25) is 0 Å². The Kier molecular flexibility index (Phi) is 2.61. The second kappa shape index (κ2) is 3.81. The Bertz CT molecular complexity index is 392. The normalized spacial score (nSPS) is 15.8. The van der Waals surface area contributed by atoms with Gasteiger partial charge in [0.05, 0.1) is 12.7 Å². The van der Waals surface area contributed by atoms with Crippen LogP contribution in [0, 0.1) is 0 Å². The molecule has 0 radical (unpaired) electrons. The van der Waals surface area contributed by atoms with Gasteiger partial charge in [0, 0.05) is 12.1 Å². The molecule has 0 spiro atoms.